The first-order chi connectivity index (χ1) is 3.65. The summed E-state index contributed by atoms with van der Waals surface area (Å²) in [7, 11) is 0. The fourth-order valence-electron chi connectivity index (χ4n) is 0. The van der Waals surface area contributed by atoms with Crippen LogP contribution in [0.5, 0.6) is 0 Å². The Balaban J connectivity index is -0.0000000300. The van der Waals surface area contributed by atoms with Gasteiger partial charge in [0, 0.05) is 37.1 Å². The van der Waals surface area contributed by atoms with Gasteiger partial charge in [-0.2, -0.15) is 0 Å². The molecule has 0 saturated carbocycles. The Morgan fingerprint density at radius 3 is 1.10 bits per heavy atom. The summed E-state index contributed by atoms with van der Waals surface area (Å²) in [5, 5.41) is 15.2. The predicted molar refractivity (Wildman–Crippen MR) is 19.3 cm³/mol. The monoisotopic (exact) mass is 265 g/mol. The van der Waals surface area contributed by atoms with Gasteiger partial charge in [-0.3, -0.25) is 0 Å². The van der Waals surface area contributed by atoms with Crippen molar-refractivity contribution in [3.05, 3.63) is 0 Å². The quantitative estimate of drug-likeness (QED) is 0.428. The Bertz CT molecular complexity index is 52.9. The summed E-state index contributed by atoms with van der Waals surface area (Å²) < 4.78 is 23.2. The smallest absolute Gasteiger partial charge is 0 e. The minimum absolute atomic E-state index is 0. The summed E-state index contributed by atoms with van der Waals surface area (Å²) in [5.41, 5.74) is 0. The molecule has 2 radical (unpaired) electrons. The molecular weight excluding hydrogens is 257 g/mol. The predicted octanol–water partition coefficient (Wildman–Crippen LogP) is -2.27. The summed E-state index contributed by atoms with van der Waals surface area (Å²) in [4.78, 5) is 0. The van der Waals surface area contributed by atoms with Crippen LogP contribution in [-0.2, 0) is 56.6 Å². The van der Waals surface area contributed by atoms with Gasteiger partial charge in [0.2, 0.25) is 0 Å². The molecule has 0 aromatic rings. The van der Waals surface area contributed by atoms with E-state index in [-0.39, 0.29) is 50.3 Å². The van der Waals surface area contributed by atoms with Gasteiger partial charge >= 0.3 is 27.5 Å². The first kappa shape index (κ1) is 22.5. The van der Waals surface area contributed by atoms with Crippen molar-refractivity contribution in [3.63, 3.8) is 0 Å². The fraction of sp³-hybridized carbons (Fsp3) is 1.00. The summed E-state index contributed by atoms with van der Waals surface area (Å²) in [5.74, 6) is 0. The summed E-state index contributed by atoms with van der Waals surface area (Å²) >= 11 is -3.44. The minimum atomic E-state index is -3.44. The molecule has 0 spiro atoms. The van der Waals surface area contributed by atoms with Crippen molar-refractivity contribution >= 4 is 0 Å². The SMILES string of the molecule is OCCO.[O]=[V]([OH])[OH].[V].[V]. The Labute approximate surface area is 87.7 Å². The van der Waals surface area contributed by atoms with Crippen LogP contribution in [0.3, 0.4) is 0 Å². The standard InChI is InChI=1S/C2H6O2.2H2O.O.3V/c3-1-2-4;;;;;;/h3-4H,1-2H2;2*1H2;;;;/q;;;;;;+2/p-2. The Hall–Kier alpha value is 1.39. The molecule has 0 unspecified atom stereocenters. The van der Waals surface area contributed by atoms with Gasteiger partial charge in [0.15, 0.2) is 0 Å². The van der Waals surface area contributed by atoms with Crippen LogP contribution in [0.2, 0.25) is 0 Å². The van der Waals surface area contributed by atoms with Crippen molar-refractivity contribution in [2.24, 2.45) is 0 Å². The van der Waals surface area contributed by atoms with Gasteiger partial charge in [0.25, 0.3) is 0 Å². The molecule has 0 atom stereocenters. The second-order valence-electron chi connectivity index (χ2n) is 0.700. The molecule has 0 amide bonds. The zero-order valence-corrected chi connectivity index (χ0v) is 9.14. The molecule has 4 N–H and O–H groups in total. The molecular formula is C2H8O5V3. The molecule has 0 rings (SSSR count). The van der Waals surface area contributed by atoms with Crippen LogP contribution < -0.4 is 0 Å². The maximum absolute atomic E-state index is 8.78. The van der Waals surface area contributed by atoms with Crippen molar-refractivity contribution in [3.8, 4) is 0 Å². The van der Waals surface area contributed by atoms with E-state index in [1.54, 1.807) is 0 Å². The van der Waals surface area contributed by atoms with Gasteiger partial charge in [-0.05, 0) is 0 Å². The summed E-state index contributed by atoms with van der Waals surface area (Å²) in [6.07, 6.45) is 0. The van der Waals surface area contributed by atoms with Crippen LogP contribution in [0.25, 0.3) is 0 Å². The van der Waals surface area contributed by atoms with Crippen molar-refractivity contribution in [2.75, 3.05) is 13.2 Å². The molecule has 0 bridgehead atoms. The Kier molecular flexibility index (Phi) is 50.5. The van der Waals surface area contributed by atoms with Crippen LogP contribution >= 0.6 is 0 Å². The van der Waals surface area contributed by atoms with Gasteiger partial charge in [0.05, 0.1) is 13.2 Å². The third kappa shape index (κ3) is 116. The zero-order valence-electron chi connectivity index (χ0n) is 4.95. The topological polar surface area (TPSA) is 98.0 Å². The van der Waals surface area contributed by atoms with Crippen molar-refractivity contribution in [2.45, 2.75) is 0 Å². The molecule has 0 heterocycles. The van der Waals surface area contributed by atoms with E-state index in [0.29, 0.717) is 0 Å². The number of hydrogen-bond donors (Lipinski definition) is 4. The number of aliphatic hydroxyl groups excluding tert-OH is 2. The van der Waals surface area contributed by atoms with Crippen LogP contribution in [0.1, 0.15) is 0 Å². The van der Waals surface area contributed by atoms with Crippen LogP contribution in [0.4, 0.5) is 0 Å². The van der Waals surface area contributed by atoms with E-state index in [9.17, 15) is 0 Å². The third-order valence-corrected chi connectivity index (χ3v) is 0.1000. The zero-order chi connectivity index (χ0) is 6.99. The van der Waals surface area contributed by atoms with Crippen LogP contribution in [0, 0.1) is 0 Å². The van der Waals surface area contributed by atoms with Crippen LogP contribution in [0.15, 0.2) is 0 Å². The van der Waals surface area contributed by atoms with Gasteiger partial charge in [-0.25, -0.2) is 0 Å². The molecule has 0 aromatic carbocycles. The Morgan fingerprint density at radius 2 is 1.10 bits per heavy atom. The molecule has 0 fully saturated rings. The first-order valence-corrected chi connectivity index (χ1v) is 3.53. The molecule has 0 aliphatic rings. The fourth-order valence-corrected chi connectivity index (χ4v) is 0. The Morgan fingerprint density at radius 1 is 1.00 bits per heavy atom. The van der Waals surface area contributed by atoms with Gasteiger partial charge in [-0.15, -0.1) is 0 Å². The molecule has 0 saturated heterocycles. The van der Waals surface area contributed by atoms with E-state index in [1.165, 1.54) is 0 Å². The van der Waals surface area contributed by atoms with E-state index < -0.39 is 15.8 Å². The summed E-state index contributed by atoms with van der Waals surface area (Å²) in [6, 6.07) is 0. The summed E-state index contributed by atoms with van der Waals surface area (Å²) in [6.45, 7) is -0.250. The largest absolute Gasteiger partial charge is 0 e. The van der Waals surface area contributed by atoms with E-state index in [2.05, 4.69) is 0 Å². The molecule has 10 heavy (non-hydrogen) atoms. The molecule has 0 aromatic heterocycles. The average Bonchev–Trinajstić information content (AvgIpc) is 1.65. The van der Waals surface area contributed by atoms with E-state index in [1.807, 2.05) is 0 Å². The van der Waals surface area contributed by atoms with Crippen molar-refractivity contribution < 1.29 is 74.9 Å². The molecule has 61 valence electrons. The average molecular weight is 265 g/mol. The normalized spacial score (nSPS) is 5.60. The van der Waals surface area contributed by atoms with E-state index in [4.69, 9.17) is 22.0 Å². The van der Waals surface area contributed by atoms with Gasteiger partial charge in [0.1, 0.15) is 0 Å². The second kappa shape index (κ2) is 22.4. The van der Waals surface area contributed by atoms with Crippen molar-refractivity contribution in [1.29, 1.82) is 0 Å². The molecule has 0 aliphatic carbocycles. The number of hydrogen-bond acceptors (Lipinski definition) is 3. The van der Waals surface area contributed by atoms with E-state index >= 15 is 0 Å². The third-order valence-electron chi connectivity index (χ3n) is 0.1000. The number of aliphatic hydroxyl groups is 2. The van der Waals surface area contributed by atoms with Crippen molar-refractivity contribution in [1.82, 2.24) is 0 Å². The number of rotatable bonds is 1. The maximum Gasteiger partial charge on any atom is 0 e. The van der Waals surface area contributed by atoms with Gasteiger partial charge in [-0.1, -0.05) is 0 Å². The molecule has 0 aliphatic heterocycles. The maximum atomic E-state index is 8.78. The minimum Gasteiger partial charge on any atom is 0 e. The van der Waals surface area contributed by atoms with E-state index in [0.717, 1.165) is 0 Å². The molecule has 8 heteroatoms. The first-order valence-electron chi connectivity index (χ1n) is 1.72. The molecule has 5 nitrogen and oxygen atoms in total. The van der Waals surface area contributed by atoms with Crippen LogP contribution in [-0.4, -0.2) is 31.5 Å². The second-order valence-corrected chi connectivity index (χ2v) is 1.49. The van der Waals surface area contributed by atoms with Gasteiger partial charge < -0.3 is 10.2 Å².